The molecule has 1 aliphatic carbocycles. The van der Waals surface area contributed by atoms with Gasteiger partial charge in [-0.2, -0.15) is 9.97 Å². The zero-order chi connectivity index (χ0) is 39.2. The van der Waals surface area contributed by atoms with Gasteiger partial charge >= 0.3 is 0 Å². The van der Waals surface area contributed by atoms with E-state index >= 15 is 0 Å². The van der Waals surface area contributed by atoms with E-state index in [0.717, 1.165) is 60.8 Å². The van der Waals surface area contributed by atoms with E-state index in [9.17, 15) is 0 Å². The Bertz CT molecular complexity index is 3470. The number of aromatic nitrogens is 5. The fraction of sp³-hybridized carbons (Fsp3) is 0.0556. The van der Waals surface area contributed by atoms with Crippen LogP contribution in [0.1, 0.15) is 25.0 Å². The van der Waals surface area contributed by atoms with E-state index in [0.29, 0.717) is 17.6 Å². The van der Waals surface area contributed by atoms with Gasteiger partial charge in [0.1, 0.15) is 0 Å². The fourth-order valence-electron chi connectivity index (χ4n) is 9.77. The molecule has 0 saturated heterocycles. The van der Waals surface area contributed by atoms with Gasteiger partial charge in [0.2, 0.25) is 5.95 Å². The number of para-hydroxylation sites is 3. The Hall–Kier alpha value is -7.63. The summed E-state index contributed by atoms with van der Waals surface area (Å²) in [5, 5.41) is 4.65. The lowest BCUT2D eigenvalue weighted by molar-refractivity contribution is 0.661. The first-order chi connectivity index (χ1) is 29.0. The molecule has 12 rings (SSSR count). The Balaban J connectivity index is 1.21. The van der Waals surface area contributed by atoms with Crippen LogP contribution in [0, 0.1) is 0 Å². The van der Waals surface area contributed by atoms with E-state index in [1.165, 1.54) is 33.0 Å². The normalized spacial score (nSPS) is 13.1. The van der Waals surface area contributed by atoms with Crippen molar-refractivity contribution in [3.8, 4) is 56.7 Å². The Kier molecular flexibility index (Phi) is 7.20. The molecule has 0 bridgehead atoms. The predicted octanol–water partition coefficient (Wildman–Crippen LogP) is 13.4. The lowest BCUT2D eigenvalue weighted by atomic mass is 9.80. The number of nitrogens with zero attached hydrogens (tertiary/aromatic N) is 5. The van der Waals surface area contributed by atoms with Gasteiger partial charge in [-0.1, -0.05) is 172 Å². The molecule has 3 heterocycles. The molecule has 0 N–H and O–H groups in total. The van der Waals surface area contributed by atoms with Crippen LogP contribution in [0.4, 0.5) is 0 Å². The largest absolute Gasteiger partial charge is 0.307 e. The smallest absolute Gasteiger partial charge is 0.238 e. The standard InChI is InChI=1S/C54H37N5/c1-54(2)45-28-12-9-23-38(45)41-26-16-27-44(48(41)54)52-55-51(36-20-15-19-35(33-36)34-17-5-3-6-18-34)56-53(57-52)59-47-30-14-11-25-40(47)43-32-31-42-39-24-10-13-29-46(39)58(49(42)50(43)59)37-21-7-4-8-22-37/h3-33H,1-2H3. The first kappa shape index (κ1) is 33.5. The highest BCUT2D eigenvalue weighted by Gasteiger charge is 2.38. The van der Waals surface area contributed by atoms with Gasteiger partial charge in [-0.25, -0.2) is 4.98 Å². The lowest BCUT2D eigenvalue weighted by Crippen LogP contribution is -2.17. The topological polar surface area (TPSA) is 48.5 Å². The third-order valence-electron chi connectivity index (χ3n) is 12.4. The lowest BCUT2D eigenvalue weighted by Gasteiger charge is -2.24. The summed E-state index contributed by atoms with van der Waals surface area (Å²) in [6.07, 6.45) is 0. The van der Waals surface area contributed by atoms with Crippen molar-refractivity contribution in [2.24, 2.45) is 0 Å². The van der Waals surface area contributed by atoms with Crippen molar-refractivity contribution >= 4 is 43.6 Å². The van der Waals surface area contributed by atoms with Crippen LogP contribution in [-0.2, 0) is 5.41 Å². The van der Waals surface area contributed by atoms with Crippen molar-refractivity contribution in [1.82, 2.24) is 24.1 Å². The molecule has 1 aliphatic rings. The maximum atomic E-state index is 5.55. The Morgan fingerprint density at radius 2 is 0.932 bits per heavy atom. The summed E-state index contributed by atoms with van der Waals surface area (Å²) in [5.74, 6) is 1.84. The monoisotopic (exact) mass is 755 g/mol. The second-order valence-corrected chi connectivity index (χ2v) is 16.0. The van der Waals surface area contributed by atoms with Crippen LogP contribution in [0.25, 0.3) is 100 Å². The number of benzene rings is 8. The van der Waals surface area contributed by atoms with E-state index in [-0.39, 0.29) is 5.41 Å². The molecule has 0 unspecified atom stereocenters. The zero-order valence-corrected chi connectivity index (χ0v) is 32.6. The molecular weight excluding hydrogens is 719 g/mol. The zero-order valence-electron chi connectivity index (χ0n) is 32.6. The molecule has 0 saturated carbocycles. The van der Waals surface area contributed by atoms with Gasteiger partial charge in [0.05, 0.1) is 22.1 Å². The molecule has 5 nitrogen and oxygen atoms in total. The molecular formula is C54H37N5. The van der Waals surface area contributed by atoms with Crippen molar-refractivity contribution in [3.05, 3.63) is 199 Å². The van der Waals surface area contributed by atoms with Gasteiger partial charge < -0.3 is 4.57 Å². The summed E-state index contributed by atoms with van der Waals surface area (Å²) in [7, 11) is 0. The van der Waals surface area contributed by atoms with Gasteiger partial charge in [-0.05, 0) is 63.7 Å². The van der Waals surface area contributed by atoms with Crippen LogP contribution in [0.3, 0.4) is 0 Å². The summed E-state index contributed by atoms with van der Waals surface area (Å²) >= 11 is 0. The van der Waals surface area contributed by atoms with Crippen LogP contribution in [0.2, 0.25) is 0 Å². The highest BCUT2D eigenvalue weighted by Crippen LogP contribution is 2.52. The molecule has 8 aromatic carbocycles. The van der Waals surface area contributed by atoms with E-state index in [2.05, 4.69) is 211 Å². The van der Waals surface area contributed by atoms with E-state index in [1.807, 2.05) is 0 Å². The van der Waals surface area contributed by atoms with Crippen molar-refractivity contribution in [2.75, 3.05) is 0 Å². The Morgan fingerprint density at radius 3 is 1.69 bits per heavy atom. The third-order valence-corrected chi connectivity index (χ3v) is 12.4. The second-order valence-electron chi connectivity index (χ2n) is 16.0. The maximum Gasteiger partial charge on any atom is 0.238 e. The van der Waals surface area contributed by atoms with Crippen LogP contribution in [0.5, 0.6) is 0 Å². The average Bonchev–Trinajstić information content (AvgIpc) is 3.90. The summed E-state index contributed by atoms with van der Waals surface area (Å²) in [5.41, 5.74) is 14.4. The molecule has 0 aliphatic heterocycles. The molecule has 278 valence electrons. The number of rotatable bonds is 5. The summed E-state index contributed by atoms with van der Waals surface area (Å²) < 4.78 is 4.68. The van der Waals surface area contributed by atoms with Crippen molar-refractivity contribution in [3.63, 3.8) is 0 Å². The minimum absolute atomic E-state index is 0.266. The third kappa shape index (κ3) is 4.95. The van der Waals surface area contributed by atoms with Crippen LogP contribution >= 0.6 is 0 Å². The predicted molar refractivity (Wildman–Crippen MR) is 242 cm³/mol. The molecule has 5 heteroatoms. The maximum absolute atomic E-state index is 5.55. The minimum atomic E-state index is -0.266. The first-order valence-corrected chi connectivity index (χ1v) is 20.2. The molecule has 59 heavy (non-hydrogen) atoms. The molecule has 0 amide bonds. The molecule has 0 radical (unpaired) electrons. The highest BCUT2D eigenvalue weighted by atomic mass is 15.2. The van der Waals surface area contributed by atoms with E-state index in [4.69, 9.17) is 15.0 Å². The van der Waals surface area contributed by atoms with Crippen LogP contribution in [0.15, 0.2) is 188 Å². The van der Waals surface area contributed by atoms with Gasteiger partial charge in [0.15, 0.2) is 11.6 Å². The molecule has 0 atom stereocenters. The van der Waals surface area contributed by atoms with Gasteiger partial charge in [-0.15, -0.1) is 0 Å². The minimum Gasteiger partial charge on any atom is -0.307 e. The van der Waals surface area contributed by atoms with E-state index < -0.39 is 0 Å². The molecule has 0 spiro atoms. The summed E-state index contributed by atoms with van der Waals surface area (Å²) in [6.45, 7) is 4.64. The van der Waals surface area contributed by atoms with Gasteiger partial charge in [0.25, 0.3) is 0 Å². The SMILES string of the molecule is CC1(C)c2ccccc2-c2cccc(-c3nc(-c4cccc(-c5ccccc5)c4)nc(-n4c5ccccc5c5ccc6c7ccccc7n(-c7ccccc7)c6c54)n3)c21. The number of hydrogen-bond donors (Lipinski definition) is 0. The summed E-state index contributed by atoms with van der Waals surface area (Å²) in [6, 6.07) is 67.0. The quantitative estimate of drug-likeness (QED) is 0.176. The van der Waals surface area contributed by atoms with Crippen molar-refractivity contribution in [1.29, 1.82) is 0 Å². The second kappa shape index (κ2) is 12.7. The molecule has 0 fully saturated rings. The molecule has 3 aromatic heterocycles. The number of fused-ring (bicyclic) bond motifs is 10. The highest BCUT2D eigenvalue weighted by molar-refractivity contribution is 6.23. The average molecular weight is 756 g/mol. The van der Waals surface area contributed by atoms with Crippen LogP contribution in [-0.4, -0.2) is 24.1 Å². The number of hydrogen-bond acceptors (Lipinski definition) is 3. The van der Waals surface area contributed by atoms with Gasteiger partial charge in [-0.3, -0.25) is 4.57 Å². The molecule has 11 aromatic rings. The Morgan fingerprint density at radius 1 is 0.390 bits per heavy atom. The van der Waals surface area contributed by atoms with E-state index in [1.54, 1.807) is 0 Å². The van der Waals surface area contributed by atoms with Crippen LogP contribution < -0.4 is 0 Å². The summed E-state index contributed by atoms with van der Waals surface area (Å²) in [4.78, 5) is 16.4. The van der Waals surface area contributed by atoms with Crippen molar-refractivity contribution in [2.45, 2.75) is 19.3 Å². The first-order valence-electron chi connectivity index (χ1n) is 20.2. The fourth-order valence-corrected chi connectivity index (χ4v) is 9.77. The van der Waals surface area contributed by atoms with Gasteiger partial charge in [0, 0.05) is 43.8 Å². The Labute approximate surface area is 341 Å². The van der Waals surface area contributed by atoms with Crippen molar-refractivity contribution < 1.29 is 0 Å².